The van der Waals surface area contributed by atoms with Crippen molar-refractivity contribution in [2.24, 2.45) is 5.16 Å². The van der Waals surface area contributed by atoms with Crippen LogP contribution >= 0.6 is 34.7 Å². The predicted molar refractivity (Wildman–Crippen MR) is 158 cm³/mol. The first-order chi connectivity index (χ1) is 20.6. The Kier molecular flexibility index (Phi) is 11.1. The van der Waals surface area contributed by atoms with Crippen LogP contribution in [0.3, 0.4) is 0 Å². The van der Waals surface area contributed by atoms with Crippen LogP contribution in [0.5, 0.6) is 0 Å². The first-order valence-electron chi connectivity index (χ1n) is 12.7. The second kappa shape index (κ2) is 14.6. The van der Waals surface area contributed by atoms with Crippen molar-refractivity contribution in [3.63, 3.8) is 0 Å². The number of carbonyl (C=O) groups is 4. The van der Waals surface area contributed by atoms with Gasteiger partial charge in [0, 0.05) is 45.9 Å². The van der Waals surface area contributed by atoms with Crippen LogP contribution in [0.25, 0.3) is 10.9 Å². The van der Waals surface area contributed by atoms with Crippen LogP contribution in [0.15, 0.2) is 52.3 Å². The van der Waals surface area contributed by atoms with Crippen molar-refractivity contribution in [3.05, 3.63) is 57.8 Å². The third-order valence-corrected chi connectivity index (χ3v) is 8.57. The summed E-state index contributed by atoms with van der Waals surface area (Å²) in [6.07, 6.45) is 1.65. The minimum Gasteiger partial charge on any atom is -0.543 e. The minimum absolute atomic E-state index is 0. The molecular formula is C26H23ClN7NaO7S2. The number of nitrogens with one attached hydrogen (secondary N) is 2. The molecule has 4 N–H and O–H groups in total. The Hall–Kier alpha value is -3.41. The maximum absolute atomic E-state index is 13.3. The van der Waals surface area contributed by atoms with Gasteiger partial charge < -0.3 is 35.8 Å². The Bertz CT molecular complexity index is 1690. The summed E-state index contributed by atoms with van der Waals surface area (Å²) in [4.78, 5) is 64.1. The third-order valence-electron chi connectivity index (χ3n) is 6.33. The molecule has 1 fully saturated rings. The Balaban J connectivity index is 0.00000442. The normalized spacial score (nSPS) is 17.7. The smallest absolute Gasteiger partial charge is 0.543 e. The van der Waals surface area contributed by atoms with E-state index in [1.165, 1.54) is 24.1 Å². The van der Waals surface area contributed by atoms with Crippen LogP contribution in [0, 0.1) is 0 Å². The van der Waals surface area contributed by atoms with Crippen LogP contribution in [0.1, 0.15) is 12.6 Å². The molecule has 44 heavy (non-hydrogen) atoms. The number of β-lactam (4-membered cyclic amide) rings is 1. The van der Waals surface area contributed by atoms with Crippen molar-refractivity contribution in [3.8, 4) is 0 Å². The maximum atomic E-state index is 13.3. The zero-order chi connectivity index (χ0) is 30.7. The number of hydrogen-bond acceptors (Lipinski definition) is 14. The molecule has 2 aliphatic heterocycles. The molecule has 0 radical (unpaired) electrons. The van der Waals surface area contributed by atoms with Crippen LogP contribution < -0.4 is 51.0 Å². The van der Waals surface area contributed by atoms with E-state index in [2.05, 4.69) is 25.8 Å². The molecule has 2 aliphatic rings. The summed E-state index contributed by atoms with van der Waals surface area (Å²) in [5.74, 6) is -3.47. The summed E-state index contributed by atoms with van der Waals surface area (Å²) in [5.41, 5.74) is 7.06. The van der Waals surface area contributed by atoms with Gasteiger partial charge in [0.2, 0.25) is 0 Å². The largest absolute Gasteiger partial charge is 1.00 e. The second-order valence-electron chi connectivity index (χ2n) is 9.17. The van der Waals surface area contributed by atoms with Gasteiger partial charge in [0.25, 0.3) is 11.8 Å². The number of amides is 2. The number of thioether (sulfide) groups is 1. The van der Waals surface area contributed by atoms with Crippen molar-refractivity contribution < 1.29 is 63.4 Å². The molecule has 2 atom stereocenters. The number of hydrogen-bond donors (Lipinski definition) is 3. The number of ether oxygens (including phenoxy) is 1. The molecule has 0 spiro atoms. The number of pyridine rings is 1. The molecule has 4 heterocycles. The van der Waals surface area contributed by atoms with Gasteiger partial charge in [0.15, 0.2) is 10.8 Å². The Morgan fingerprint density at radius 1 is 1.30 bits per heavy atom. The third kappa shape index (κ3) is 7.27. The van der Waals surface area contributed by atoms with Gasteiger partial charge >= 0.3 is 35.5 Å². The minimum atomic E-state index is -1.59. The number of oxime groups is 1. The number of halogens is 1. The summed E-state index contributed by atoms with van der Waals surface area (Å²) in [6.45, 7) is 1.28. The van der Waals surface area contributed by atoms with Gasteiger partial charge in [-0.3, -0.25) is 24.3 Å². The number of anilines is 2. The van der Waals surface area contributed by atoms with Crippen molar-refractivity contribution in [1.29, 1.82) is 0 Å². The summed E-state index contributed by atoms with van der Waals surface area (Å²) < 4.78 is 4.91. The van der Waals surface area contributed by atoms with Gasteiger partial charge in [0.05, 0.1) is 23.7 Å². The number of thiazole rings is 1. The van der Waals surface area contributed by atoms with E-state index in [1.807, 2.05) is 6.07 Å². The van der Waals surface area contributed by atoms with Crippen LogP contribution in [-0.4, -0.2) is 81.3 Å². The molecular weight excluding hydrogens is 645 g/mol. The number of nitrogens with zero attached hydrogens (tertiary/aromatic N) is 4. The topological polar surface area (TPSA) is 201 Å². The van der Waals surface area contributed by atoms with E-state index in [0.717, 1.165) is 32.8 Å². The van der Waals surface area contributed by atoms with E-state index in [1.54, 1.807) is 24.4 Å². The Labute approximate surface area is 285 Å². The number of nitrogen functional groups attached to an aromatic ring is 1. The number of carboxylic acids is 1. The van der Waals surface area contributed by atoms with Gasteiger partial charge in [-0.15, -0.1) is 23.1 Å². The molecule has 18 heteroatoms. The molecule has 1 aromatic carbocycles. The number of benzene rings is 1. The number of esters is 1. The molecule has 0 aliphatic carbocycles. The van der Waals surface area contributed by atoms with Crippen LogP contribution in [0.4, 0.5) is 10.8 Å². The number of rotatable bonds is 11. The number of carbonyl (C=O) groups excluding carboxylic acids is 4. The van der Waals surface area contributed by atoms with Crippen molar-refractivity contribution in [2.75, 3.05) is 36.6 Å². The zero-order valence-corrected chi connectivity index (χ0v) is 27.8. The van der Waals surface area contributed by atoms with E-state index >= 15 is 0 Å². The first-order valence-corrected chi connectivity index (χ1v) is 15.0. The number of aliphatic carboxylic acids is 1. The van der Waals surface area contributed by atoms with E-state index in [0.29, 0.717) is 11.6 Å². The quantitative estimate of drug-likeness (QED) is 0.0495. The second-order valence-corrected chi connectivity index (χ2v) is 11.6. The fraction of sp³-hybridized carbons (Fsp3) is 0.269. The predicted octanol–water partition coefficient (Wildman–Crippen LogP) is -2.27. The number of aromatic nitrogens is 2. The van der Waals surface area contributed by atoms with Crippen LogP contribution in [-0.2, 0) is 28.8 Å². The molecule has 5 rings (SSSR count). The number of carboxylic acid groups (broad SMARTS) is 1. The Morgan fingerprint density at radius 2 is 2.09 bits per heavy atom. The van der Waals surface area contributed by atoms with Crippen molar-refractivity contribution in [2.45, 2.75) is 18.3 Å². The van der Waals surface area contributed by atoms with Crippen LogP contribution in [0.2, 0.25) is 5.02 Å². The molecule has 1 saturated heterocycles. The fourth-order valence-corrected chi connectivity index (χ4v) is 6.44. The van der Waals surface area contributed by atoms with Gasteiger partial charge in [-0.1, -0.05) is 16.8 Å². The van der Waals surface area contributed by atoms with E-state index in [4.69, 9.17) is 26.9 Å². The van der Waals surface area contributed by atoms with E-state index in [9.17, 15) is 24.3 Å². The average molecular weight is 668 g/mol. The van der Waals surface area contributed by atoms with Gasteiger partial charge in [-0.05, 0) is 24.3 Å². The molecule has 3 aromatic rings. The Morgan fingerprint density at radius 3 is 2.80 bits per heavy atom. The first kappa shape index (κ1) is 33.5. The molecule has 0 saturated carbocycles. The monoisotopic (exact) mass is 667 g/mol. The molecule has 2 aromatic heterocycles. The maximum Gasteiger partial charge on any atom is 1.00 e. The molecule has 0 unspecified atom stereocenters. The van der Waals surface area contributed by atoms with Gasteiger partial charge in [-0.25, -0.2) is 4.98 Å². The zero-order valence-electron chi connectivity index (χ0n) is 23.4. The van der Waals surface area contributed by atoms with Gasteiger partial charge in [0.1, 0.15) is 30.3 Å². The van der Waals surface area contributed by atoms with E-state index < -0.39 is 35.2 Å². The molecule has 0 bridgehead atoms. The summed E-state index contributed by atoms with van der Waals surface area (Å²) in [7, 11) is 0. The average Bonchev–Trinajstić information content (AvgIpc) is 3.41. The van der Waals surface area contributed by atoms with Gasteiger partial charge in [-0.2, -0.15) is 0 Å². The summed E-state index contributed by atoms with van der Waals surface area (Å²) >= 11 is 8.35. The van der Waals surface area contributed by atoms with Crippen molar-refractivity contribution in [1.82, 2.24) is 20.2 Å². The number of nitrogens with two attached hydrogens (primary N) is 1. The summed E-state index contributed by atoms with van der Waals surface area (Å²) in [5, 5.41) is 24.1. The SMILES string of the molecule is CC(=O)OCC1=C(C(=O)[O-])N2C(=O)[C@@H](NC(=O)/C(=N\OCCNc3ccnc4cc(Cl)ccc34)c3csc(N)n3)[C@H]2SC1.[Na+]. The van der Waals surface area contributed by atoms with Crippen molar-refractivity contribution >= 4 is 85.9 Å². The molecule has 2 amide bonds. The fourth-order valence-electron chi connectivity index (χ4n) is 4.40. The standard InChI is InChI=1S/C26H24ClN7O7S2.Na/c1-12(35)40-9-13-10-42-24-20(23(37)34(24)21(13)25(38)39)32-22(36)19(18-11-43-26(28)31-18)33-41-7-6-30-16-4-5-29-17-8-14(27)2-3-15(16)17;/h2-5,8,11,20,24H,6-7,9-10H2,1H3,(H2,28,31)(H,29,30)(H,32,36)(H,38,39);/q;+1/p-1/b33-19-;/t20-,24-;/m1./s1. The molecule has 14 nitrogen and oxygen atoms in total. The summed E-state index contributed by atoms with van der Waals surface area (Å²) in [6, 6.07) is 6.11. The number of fused-ring (bicyclic) bond motifs is 2. The molecule has 224 valence electrons. The van der Waals surface area contributed by atoms with E-state index in [-0.39, 0.29) is 76.3 Å².